The Labute approximate surface area is 113 Å². The molecule has 0 bridgehead atoms. The van der Waals surface area contributed by atoms with E-state index in [1.165, 1.54) is 32.1 Å². The molecule has 0 amide bonds. The highest BCUT2D eigenvalue weighted by Crippen LogP contribution is 2.23. The molecular formula is C16H32O2. The van der Waals surface area contributed by atoms with Crippen molar-refractivity contribution in [1.82, 2.24) is 0 Å². The fourth-order valence-electron chi connectivity index (χ4n) is 2.26. The van der Waals surface area contributed by atoms with Crippen molar-refractivity contribution >= 4 is 5.97 Å². The van der Waals surface area contributed by atoms with Crippen LogP contribution in [0.25, 0.3) is 0 Å². The Morgan fingerprint density at radius 3 is 2.22 bits per heavy atom. The van der Waals surface area contributed by atoms with Crippen LogP contribution >= 0.6 is 0 Å². The van der Waals surface area contributed by atoms with E-state index in [-0.39, 0.29) is 5.97 Å². The van der Waals surface area contributed by atoms with Crippen LogP contribution in [0.15, 0.2) is 0 Å². The van der Waals surface area contributed by atoms with Gasteiger partial charge in [0.15, 0.2) is 0 Å². The summed E-state index contributed by atoms with van der Waals surface area (Å²) in [6.07, 6.45) is 6.66. The van der Waals surface area contributed by atoms with E-state index in [2.05, 4.69) is 34.6 Å². The molecular weight excluding hydrogens is 224 g/mol. The maximum Gasteiger partial charge on any atom is 0.306 e. The van der Waals surface area contributed by atoms with Crippen molar-refractivity contribution in [3.05, 3.63) is 0 Å². The van der Waals surface area contributed by atoms with Gasteiger partial charge in [0.25, 0.3) is 0 Å². The molecule has 108 valence electrons. The van der Waals surface area contributed by atoms with Gasteiger partial charge in [-0.15, -0.1) is 0 Å². The summed E-state index contributed by atoms with van der Waals surface area (Å²) in [6.45, 7) is 11.4. The molecule has 0 aliphatic rings. The van der Waals surface area contributed by atoms with Crippen LogP contribution < -0.4 is 0 Å². The Bertz CT molecular complexity index is 211. The molecule has 0 aromatic heterocycles. The van der Waals surface area contributed by atoms with E-state index in [0.29, 0.717) is 30.8 Å². The predicted molar refractivity (Wildman–Crippen MR) is 77.5 cm³/mol. The van der Waals surface area contributed by atoms with Gasteiger partial charge in [0.2, 0.25) is 0 Å². The molecule has 0 aliphatic heterocycles. The molecule has 0 aromatic rings. The van der Waals surface area contributed by atoms with E-state index < -0.39 is 0 Å². The number of esters is 1. The summed E-state index contributed by atoms with van der Waals surface area (Å²) in [5.74, 6) is 1.56. The summed E-state index contributed by atoms with van der Waals surface area (Å²) < 4.78 is 5.43. The molecule has 18 heavy (non-hydrogen) atoms. The molecule has 0 saturated carbocycles. The number of hydrogen-bond acceptors (Lipinski definition) is 2. The first-order chi connectivity index (χ1) is 8.51. The number of rotatable bonds is 10. The molecule has 0 aliphatic carbocycles. The Balaban J connectivity index is 4.05. The van der Waals surface area contributed by atoms with Crippen molar-refractivity contribution in [2.75, 3.05) is 6.61 Å². The largest absolute Gasteiger partial charge is 0.465 e. The van der Waals surface area contributed by atoms with Gasteiger partial charge in [-0.2, -0.15) is 0 Å². The minimum atomic E-state index is -0.0335. The van der Waals surface area contributed by atoms with Gasteiger partial charge in [-0.1, -0.05) is 60.3 Å². The summed E-state index contributed by atoms with van der Waals surface area (Å²) in [5.41, 5.74) is 0. The van der Waals surface area contributed by atoms with Crippen LogP contribution in [-0.4, -0.2) is 12.6 Å². The van der Waals surface area contributed by atoms with Gasteiger partial charge in [-0.25, -0.2) is 0 Å². The Kier molecular flexibility index (Phi) is 10.1. The van der Waals surface area contributed by atoms with Gasteiger partial charge in [0.1, 0.15) is 0 Å². The lowest BCUT2D eigenvalue weighted by Gasteiger charge is -2.23. The van der Waals surface area contributed by atoms with Crippen LogP contribution in [-0.2, 0) is 9.53 Å². The van der Waals surface area contributed by atoms with Gasteiger partial charge in [-0.3, -0.25) is 4.79 Å². The lowest BCUT2D eigenvalue weighted by Crippen LogP contribution is -2.21. The zero-order chi connectivity index (χ0) is 14.0. The molecule has 0 fully saturated rings. The highest BCUT2D eigenvalue weighted by Gasteiger charge is 2.18. The SMILES string of the molecule is CCCCC(C)C(CCC)COC(=O)CC(C)C. The fraction of sp³-hybridized carbons (Fsp3) is 0.938. The van der Waals surface area contributed by atoms with Crippen molar-refractivity contribution < 1.29 is 9.53 Å². The monoisotopic (exact) mass is 256 g/mol. The minimum Gasteiger partial charge on any atom is -0.465 e. The van der Waals surface area contributed by atoms with Gasteiger partial charge in [0, 0.05) is 6.42 Å². The first-order valence-electron chi connectivity index (χ1n) is 7.66. The van der Waals surface area contributed by atoms with Crippen LogP contribution in [0.5, 0.6) is 0 Å². The first-order valence-corrected chi connectivity index (χ1v) is 7.66. The molecule has 2 atom stereocenters. The second-order valence-corrected chi connectivity index (χ2v) is 5.95. The van der Waals surface area contributed by atoms with Crippen LogP contribution in [0, 0.1) is 17.8 Å². The molecule has 0 radical (unpaired) electrons. The topological polar surface area (TPSA) is 26.3 Å². The second kappa shape index (κ2) is 10.4. The van der Waals surface area contributed by atoms with Crippen molar-refractivity contribution in [2.45, 2.75) is 73.1 Å². The number of hydrogen-bond donors (Lipinski definition) is 0. The zero-order valence-corrected chi connectivity index (χ0v) is 13.0. The van der Waals surface area contributed by atoms with Crippen molar-refractivity contribution in [3.8, 4) is 0 Å². The molecule has 0 heterocycles. The van der Waals surface area contributed by atoms with Crippen molar-refractivity contribution in [3.63, 3.8) is 0 Å². The number of carbonyl (C=O) groups excluding carboxylic acids is 1. The van der Waals surface area contributed by atoms with Crippen LogP contribution in [0.1, 0.15) is 73.1 Å². The average molecular weight is 256 g/mol. The quantitative estimate of drug-likeness (QED) is 0.524. The third kappa shape index (κ3) is 8.54. The third-order valence-electron chi connectivity index (χ3n) is 3.51. The van der Waals surface area contributed by atoms with Crippen LogP contribution in [0.2, 0.25) is 0 Å². The summed E-state index contributed by atoms with van der Waals surface area (Å²) in [4.78, 5) is 11.6. The molecule has 2 unspecified atom stereocenters. The number of carbonyl (C=O) groups is 1. The lowest BCUT2D eigenvalue weighted by molar-refractivity contribution is -0.146. The molecule has 0 aromatic carbocycles. The van der Waals surface area contributed by atoms with Gasteiger partial charge in [-0.05, 0) is 24.2 Å². The maximum atomic E-state index is 11.6. The molecule has 0 rings (SSSR count). The molecule has 0 saturated heterocycles. The van der Waals surface area contributed by atoms with Crippen molar-refractivity contribution in [1.29, 1.82) is 0 Å². The zero-order valence-electron chi connectivity index (χ0n) is 13.0. The van der Waals surface area contributed by atoms with Gasteiger partial charge >= 0.3 is 5.97 Å². The van der Waals surface area contributed by atoms with Gasteiger partial charge < -0.3 is 4.74 Å². The smallest absolute Gasteiger partial charge is 0.306 e. The Morgan fingerprint density at radius 1 is 1.06 bits per heavy atom. The summed E-state index contributed by atoms with van der Waals surface area (Å²) in [7, 11) is 0. The van der Waals surface area contributed by atoms with E-state index in [4.69, 9.17) is 4.74 Å². The molecule has 2 nitrogen and oxygen atoms in total. The summed E-state index contributed by atoms with van der Waals surface area (Å²) in [5, 5.41) is 0. The first kappa shape index (κ1) is 17.5. The van der Waals surface area contributed by atoms with Crippen molar-refractivity contribution in [2.24, 2.45) is 17.8 Å². The highest BCUT2D eigenvalue weighted by atomic mass is 16.5. The van der Waals surface area contributed by atoms with E-state index in [1.807, 2.05) is 0 Å². The molecule has 0 N–H and O–H groups in total. The molecule has 2 heteroatoms. The second-order valence-electron chi connectivity index (χ2n) is 5.95. The van der Waals surface area contributed by atoms with E-state index in [9.17, 15) is 4.79 Å². The van der Waals surface area contributed by atoms with E-state index >= 15 is 0 Å². The summed E-state index contributed by atoms with van der Waals surface area (Å²) >= 11 is 0. The maximum absolute atomic E-state index is 11.6. The number of ether oxygens (including phenoxy) is 1. The van der Waals surface area contributed by atoms with E-state index in [0.717, 1.165) is 0 Å². The Morgan fingerprint density at radius 2 is 1.72 bits per heavy atom. The van der Waals surface area contributed by atoms with Crippen LogP contribution in [0.3, 0.4) is 0 Å². The minimum absolute atomic E-state index is 0.0335. The fourth-order valence-corrected chi connectivity index (χ4v) is 2.26. The summed E-state index contributed by atoms with van der Waals surface area (Å²) in [6, 6.07) is 0. The number of unbranched alkanes of at least 4 members (excludes halogenated alkanes) is 1. The van der Waals surface area contributed by atoms with Gasteiger partial charge in [0.05, 0.1) is 6.61 Å². The molecule has 0 spiro atoms. The predicted octanol–water partition coefficient (Wildman–Crippen LogP) is 4.82. The van der Waals surface area contributed by atoms with Crippen LogP contribution in [0.4, 0.5) is 0 Å². The normalized spacial score (nSPS) is 14.6. The Hall–Kier alpha value is -0.530. The highest BCUT2D eigenvalue weighted by molar-refractivity contribution is 5.69. The average Bonchev–Trinajstić information content (AvgIpc) is 2.30. The standard InChI is InChI=1S/C16H32O2/c1-6-8-10-14(5)15(9-7-2)12-18-16(17)11-13(3)4/h13-15H,6-12H2,1-5H3. The lowest BCUT2D eigenvalue weighted by atomic mass is 9.87. The third-order valence-corrected chi connectivity index (χ3v) is 3.51. The van der Waals surface area contributed by atoms with E-state index in [1.54, 1.807) is 0 Å².